The van der Waals surface area contributed by atoms with Gasteiger partial charge in [-0.1, -0.05) is 35.9 Å². The van der Waals surface area contributed by atoms with Gasteiger partial charge < -0.3 is 4.74 Å². The third-order valence-electron chi connectivity index (χ3n) is 4.38. The Bertz CT molecular complexity index is 909. The van der Waals surface area contributed by atoms with Crippen molar-refractivity contribution in [3.05, 3.63) is 65.5 Å². The zero-order valence-corrected chi connectivity index (χ0v) is 12.9. The van der Waals surface area contributed by atoms with Gasteiger partial charge >= 0.3 is 0 Å². The summed E-state index contributed by atoms with van der Waals surface area (Å²) in [4.78, 5) is 0. The van der Waals surface area contributed by atoms with Crippen molar-refractivity contribution in [3.8, 4) is 16.9 Å². The molecule has 0 aliphatic carbocycles. The number of ether oxygens (including phenoxy) is 1. The molecule has 3 aromatic carbocycles. The molecule has 1 aliphatic rings. The van der Waals surface area contributed by atoms with Crippen molar-refractivity contribution in [2.75, 3.05) is 0 Å². The van der Waals surface area contributed by atoms with Crippen molar-refractivity contribution >= 4 is 10.8 Å². The fourth-order valence-corrected chi connectivity index (χ4v) is 3.45. The summed E-state index contributed by atoms with van der Waals surface area (Å²) in [5.41, 5.74) is 4.00. The van der Waals surface area contributed by atoms with E-state index in [1.807, 2.05) is 13.8 Å². The monoisotopic (exact) mass is 292 g/mol. The average molecular weight is 292 g/mol. The first-order chi connectivity index (χ1) is 10.5. The molecule has 1 aliphatic heterocycles. The van der Waals surface area contributed by atoms with Crippen LogP contribution in [-0.4, -0.2) is 0 Å². The number of fused-ring (bicyclic) bond motifs is 5. The fraction of sp³-hybridized carbons (Fsp3) is 0.200. The molecule has 0 spiro atoms. The van der Waals surface area contributed by atoms with Gasteiger partial charge in [0.25, 0.3) is 0 Å². The molecule has 1 heterocycles. The van der Waals surface area contributed by atoms with Crippen LogP contribution in [0.3, 0.4) is 0 Å². The van der Waals surface area contributed by atoms with Crippen LogP contribution in [0.5, 0.6) is 5.75 Å². The van der Waals surface area contributed by atoms with Crippen LogP contribution >= 0.6 is 0 Å². The summed E-state index contributed by atoms with van der Waals surface area (Å²) in [5.74, 6) is 0.346. The van der Waals surface area contributed by atoms with Crippen LogP contribution in [0.2, 0.25) is 0 Å². The van der Waals surface area contributed by atoms with Gasteiger partial charge in [-0.05, 0) is 49.2 Å². The minimum Gasteiger partial charge on any atom is -0.482 e. The highest BCUT2D eigenvalue weighted by molar-refractivity contribution is 5.95. The second kappa shape index (κ2) is 4.33. The van der Waals surface area contributed by atoms with Crippen LogP contribution in [0.25, 0.3) is 21.9 Å². The van der Waals surface area contributed by atoms with Crippen molar-refractivity contribution in [3.63, 3.8) is 0 Å². The van der Waals surface area contributed by atoms with Crippen LogP contribution in [-0.2, 0) is 5.60 Å². The minimum atomic E-state index is -0.495. The maximum Gasteiger partial charge on any atom is 0.131 e. The number of halogens is 1. The van der Waals surface area contributed by atoms with Crippen molar-refractivity contribution in [2.45, 2.75) is 26.4 Å². The molecule has 3 aromatic rings. The first-order valence-electron chi connectivity index (χ1n) is 7.48. The van der Waals surface area contributed by atoms with Gasteiger partial charge in [-0.3, -0.25) is 0 Å². The molecular weight excluding hydrogens is 275 g/mol. The molecule has 0 radical (unpaired) electrons. The summed E-state index contributed by atoms with van der Waals surface area (Å²) >= 11 is 0. The lowest BCUT2D eigenvalue weighted by Crippen LogP contribution is -2.29. The normalized spacial score (nSPS) is 15.1. The quantitative estimate of drug-likeness (QED) is 0.525. The van der Waals surface area contributed by atoms with Gasteiger partial charge in [0.1, 0.15) is 17.2 Å². The highest BCUT2D eigenvalue weighted by atomic mass is 19.1. The molecule has 0 fully saturated rings. The predicted octanol–water partition coefficient (Wildman–Crippen LogP) is 5.58. The number of rotatable bonds is 0. The Morgan fingerprint density at radius 1 is 0.909 bits per heavy atom. The van der Waals surface area contributed by atoms with E-state index in [0.29, 0.717) is 5.75 Å². The number of hydrogen-bond donors (Lipinski definition) is 0. The highest BCUT2D eigenvalue weighted by Crippen LogP contribution is 2.47. The van der Waals surface area contributed by atoms with E-state index in [-0.39, 0.29) is 5.82 Å². The second-order valence-corrected chi connectivity index (χ2v) is 6.47. The van der Waals surface area contributed by atoms with Crippen molar-refractivity contribution < 1.29 is 9.13 Å². The molecule has 0 saturated heterocycles. The molecule has 2 heteroatoms. The van der Waals surface area contributed by atoms with Gasteiger partial charge in [-0.15, -0.1) is 0 Å². The largest absolute Gasteiger partial charge is 0.482 e. The highest BCUT2D eigenvalue weighted by Gasteiger charge is 2.34. The Morgan fingerprint density at radius 3 is 2.50 bits per heavy atom. The van der Waals surface area contributed by atoms with Gasteiger partial charge in [0.05, 0.1) is 0 Å². The smallest absolute Gasteiger partial charge is 0.131 e. The zero-order valence-electron chi connectivity index (χ0n) is 12.9. The van der Waals surface area contributed by atoms with Gasteiger partial charge in [-0.2, -0.15) is 0 Å². The van der Waals surface area contributed by atoms with Crippen LogP contribution in [0.15, 0.2) is 48.5 Å². The van der Waals surface area contributed by atoms with Gasteiger partial charge in [0.15, 0.2) is 0 Å². The van der Waals surface area contributed by atoms with Crippen molar-refractivity contribution in [1.82, 2.24) is 0 Å². The lowest BCUT2D eigenvalue weighted by Gasteiger charge is -2.36. The third-order valence-corrected chi connectivity index (χ3v) is 4.38. The lowest BCUT2D eigenvalue weighted by molar-refractivity contribution is 0.107. The first kappa shape index (κ1) is 13.3. The van der Waals surface area contributed by atoms with Crippen LogP contribution < -0.4 is 4.74 Å². The van der Waals surface area contributed by atoms with Crippen LogP contribution in [0, 0.1) is 12.7 Å². The van der Waals surface area contributed by atoms with Gasteiger partial charge in [-0.25, -0.2) is 4.39 Å². The Morgan fingerprint density at radius 2 is 1.68 bits per heavy atom. The minimum absolute atomic E-state index is 0.269. The Kier molecular flexibility index (Phi) is 2.62. The summed E-state index contributed by atoms with van der Waals surface area (Å²) in [6.45, 7) is 6.18. The SMILES string of the molecule is Cc1ccc2c3c(ccc2c1)-c1ccc(F)cc1OC3(C)C. The summed E-state index contributed by atoms with van der Waals surface area (Å²) in [6, 6.07) is 15.5. The summed E-state index contributed by atoms with van der Waals surface area (Å²) < 4.78 is 19.7. The molecule has 0 unspecified atom stereocenters. The molecule has 0 N–H and O–H groups in total. The average Bonchev–Trinajstić information content (AvgIpc) is 2.45. The number of hydrogen-bond acceptors (Lipinski definition) is 1. The van der Waals surface area contributed by atoms with E-state index in [1.165, 1.54) is 34.0 Å². The second-order valence-electron chi connectivity index (χ2n) is 6.47. The molecule has 0 atom stereocenters. The lowest BCUT2D eigenvalue weighted by atomic mass is 9.82. The maximum atomic E-state index is 13.5. The Hall–Kier alpha value is -2.35. The van der Waals surface area contributed by atoms with Crippen molar-refractivity contribution in [1.29, 1.82) is 0 Å². The molecule has 22 heavy (non-hydrogen) atoms. The molecule has 110 valence electrons. The summed E-state index contributed by atoms with van der Waals surface area (Å²) in [5, 5.41) is 2.41. The Balaban J connectivity index is 2.11. The topological polar surface area (TPSA) is 9.23 Å². The van der Waals surface area contributed by atoms with Gasteiger partial charge in [0.2, 0.25) is 0 Å². The van der Waals surface area contributed by atoms with E-state index in [0.717, 1.165) is 11.1 Å². The van der Waals surface area contributed by atoms with Gasteiger partial charge in [0, 0.05) is 17.2 Å². The number of benzene rings is 3. The maximum absolute atomic E-state index is 13.5. The van der Waals surface area contributed by atoms with E-state index in [2.05, 4.69) is 37.3 Å². The first-order valence-corrected chi connectivity index (χ1v) is 7.48. The van der Waals surface area contributed by atoms with E-state index in [1.54, 1.807) is 6.07 Å². The van der Waals surface area contributed by atoms with Crippen LogP contribution in [0.1, 0.15) is 25.0 Å². The standard InChI is InChI=1S/C20H17FO/c1-12-4-7-15-13(10-12)5-8-17-16-9-6-14(21)11-18(16)22-20(2,3)19(15)17/h4-11H,1-3H3. The summed E-state index contributed by atoms with van der Waals surface area (Å²) in [7, 11) is 0. The molecule has 4 rings (SSSR count). The molecule has 0 bridgehead atoms. The number of aryl methyl sites for hydroxylation is 1. The zero-order chi connectivity index (χ0) is 15.5. The molecule has 1 nitrogen and oxygen atoms in total. The third kappa shape index (κ3) is 1.83. The Labute approximate surface area is 129 Å². The van der Waals surface area contributed by atoms with E-state index >= 15 is 0 Å². The van der Waals surface area contributed by atoms with Crippen molar-refractivity contribution in [2.24, 2.45) is 0 Å². The summed E-state index contributed by atoms with van der Waals surface area (Å²) in [6.07, 6.45) is 0. The predicted molar refractivity (Wildman–Crippen MR) is 87.7 cm³/mol. The fourth-order valence-electron chi connectivity index (χ4n) is 3.45. The molecular formula is C20H17FO. The van der Waals surface area contributed by atoms with E-state index in [4.69, 9.17) is 4.74 Å². The van der Waals surface area contributed by atoms with Crippen LogP contribution in [0.4, 0.5) is 4.39 Å². The van der Waals surface area contributed by atoms with E-state index < -0.39 is 5.60 Å². The molecule has 0 saturated carbocycles. The van der Waals surface area contributed by atoms with E-state index in [9.17, 15) is 4.39 Å². The molecule has 0 aromatic heterocycles. The molecule has 0 amide bonds.